The molecule has 1 aromatic carbocycles. The minimum Gasteiger partial charge on any atom is -0.504 e. The van der Waals surface area contributed by atoms with Gasteiger partial charge in [-0.3, -0.25) is 9.69 Å². The maximum absolute atomic E-state index is 12.6. The van der Waals surface area contributed by atoms with Gasteiger partial charge in [-0.25, -0.2) is 0 Å². The van der Waals surface area contributed by atoms with Crippen molar-refractivity contribution in [2.24, 2.45) is 5.92 Å². The van der Waals surface area contributed by atoms with Crippen molar-refractivity contribution in [3.05, 3.63) is 35.9 Å². The standard InChI is InChI=1S/C19H21NO3/c1-2-8-20-9-7-19-12-4-6-15(22)18(19)23-17-14(21)5-3-11(16(17)19)10-13(12)20/h2-3,5,12-13,18,21H,1,4,6-10H2/t12-,13+,18-,19-/m0/s1. The van der Waals surface area contributed by atoms with E-state index in [2.05, 4.69) is 11.5 Å². The van der Waals surface area contributed by atoms with E-state index in [1.807, 2.05) is 12.1 Å². The molecule has 23 heavy (non-hydrogen) atoms. The number of carbonyl (C=O) groups is 1. The molecule has 120 valence electrons. The van der Waals surface area contributed by atoms with E-state index in [9.17, 15) is 9.90 Å². The minimum absolute atomic E-state index is 0.186. The number of hydrogen-bond acceptors (Lipinski definition) is 4. The molecule has 0 radical (unpaired) electrons. The third kappa shape index (κ3) is 1.48. The van der Waals surface area contributed by atoms with Gasteiger partial charge in [0.25, 0.3) is 0 Å². The summed E-state index contributed by atoms with van der Waals surface area (Å²) in [7, 11) is 0. The van der Waals surface area contributed by atoms with Crippen LogP contribution in [0.5, 0.6) is 11.5 Å². The molecule has 2 bridgehead atoms. The minimum atomic E-state index is -0.392. The van der Waals surface area contributed by atoms with E-state index in [1.165, 1.54) is 5.56 Å². The molecule has 4 aliphatic rings. The van der Waals surface area contributed by atoms with Crippen LogP contribution in [0.3, 0.4) is 0 Å². The maximum atomic E-state index is 12.6. The molecule has 1 saturated heterocycles. The average Bonchev–Trinajstić information content (AvgIpc) is 2.89. The van der Waals surface area contributed by atoms with Gasteiger partial charge in [-0.15, -0.1) is 6.58 Å². The Morgan fingerprint density at radius 3 is 3.17 bits per heavy atom. The highest BCUT2D eigenvalue weighted by Gasteiger charge is 2.65. The van der Waals surface area contributed by atoms with Gasteiger partial charge in [0.2, 0.25) is 0 Å². The van der Waals surface area contributed by atoms with Crippen molar-refractivity contribution in [1.82, 2.24) is 4.90 Å². The molecule has 1 aromatic rings. The van der Waals surface area contributed by atoms with Crippen LogP contribution in [-0.4, -0.2) is 41.0 Å². The lowest BCUT2D eigenvalue weighted by Gasteiger charge is -2.57. The summed E-state index contributed by atoms with van der Waals surface area (Å²) in [5, 5.41) is 10.3. The van der Waals surface area contributed by atoms with Crippen LogP contribution in [0.1, 0.15) is 30.4 Å². The zero-order valence-corrected chi connectivity index (χ0v) is 13.1. The van der Waals surface area contributed by atoms with Crippen LogP contribution in [0.4, 0.5) is 0 Å². The lowest BCUT2D eigenvalue weighted by Crippen LogP contribution is -2.66. The molecule has 4 heteroatoms. The van der Waals surface area contributed by atoms with Gasteiger partial charge in [0.05, 0.1) is 0 Å². The van der Waals surface area contributed by atoms with Crippen molar-refractivity contribution in [2.45, 2.75) is 43.2 Å². The van der Waals surface area contributed by atoms with Crippen LogP contribution >= 0.6 is 0 Å². The number of nitrogens with zero attached hydrogens (tertiary/aromatic N) is 1. The SMILES string of the molecule is C=CCN1CC[C@]23c4c5ccc(O)c4O[C@H]2C(=O)CC[C@H]3[C@H]1C5. The average molecular weight is 311 g/mol. The van der Waals surface area contributed by atoms with Crippen molar-refractivity contribution in [3.63, 3.8) is 0 Å². The number of phenolic OH excluding ortho intramolecular Hbond substituents is 1. The Labute approximate surface area is 135 Å². The number of Topliss-reactive ketones (excluding diaryl/α,β-unsaturated/α-hetero) is 1. The van der Waals surface area contributed by atoms with Gasteiger partial charge in [-0.2, -0.15) is 0 Å². The molecule has 4 atom stereocenters. The zero-order valence-electron chi connectivity index (χ0n) is 13.1. The molecular weight excluding hydrogens is 290 g/mol. The monoisotopic (exact) mass is 311 g/mol. The quantitative estimate of drug-likeness (QED) is 0.851. The number of phenols is 1. The number of piperidine rings is 1. The first-order chi connectivity index (χ1) is 11.2. The Morgan fingerprint density at radius 1 is 1.48 bits per heavy atom. The second-order valence-electron chi connectivity index (χ2n) is 7.40. The predicted octanol–water partition coefficient (Wildman–Crippen LogP) is 2.19. The van der Waals surface area contributed by atoms with Gasteiger partial charge in [0.1, 0.15) is 0 Å². The van der Waals surface area contributed by atoms with Gasteiger partial charge in [0, 0.05) is 30.0 Å². The van der Waals surface area contributed by atoms with Gasteiger partial charge >= 0.3 is 0 Å². The third-order valence-electron chi connectivity index (χ3n) is 6.59. The van der Waals surface area contributed by atoms with E-state index in [1.54, 1.807) is 6.07 Å². The number of ether oxygens (including phenoxy) is 1. The van der Waals surface area contributed by atoms with Crippen LogP contribution in [0, 0.1) is 5.92 Å². The largest absolute Gasteiger partial charge is 0.504 e. The van der Waals surface area contributed by atoms with Crippen molar-refractivity contribution >= 4 is 5.78 Å². The fourth-order valence-corrected chi connectivity index (χ4v) is 5.80. The molecule has 0 aromatic heterocycles. The number of benzene rings is 1. The predicted molar refractivity (Wildman–Crippen MR) is 85.8 cm³/mol. The molecular formula is C19H21NO3. The van der Waals surface area contributed by atoms with Crippen LogP contribution in [0.2, 0.25) is 0 Å². The first-order valence-corrected chi connectivity index (χ1v) is 8.56. The van der Waals surface area contributed by atoms with E-state index in [-0.39, 0.29) is 16.9 Å². The molecule has 1 saturated carbocycles. The van der Waals surface area contributed by atoms with Crippen LogP contribution in [0.15, 0.2) is 24.8 Å². The van der Waals surface area contributed by atoms with E-state index in [0.29, 0.717) is 24.1 Å². The van der Waals surface area contributed by atoms with Crippen molar-refractivity contribution in [2.75, 3.05) is 13.1 Å². The second kappa shape index (κ2) is 4.38. The molecule has 1 N–H and O–H groups in total. The summed E-state index contributed by atoms with van der Waals surface area (Å²) in [6.45, 7) is 5.77. The molecule has 0 unspecified atom stereocenters. The normalized spacial score (nSPS) is 37.2. The Morgan fingerprint density at radius 2 is 2.35 bits per heavy atom. The highest BCUT2D eigenvalue weighted by atomic mass is 16.5. The van der Waals surface area contributed by atoms with E-state index < -0.39 is 6.10 Å². The Bertz CT molecular complexity index is 728. The summed E-state index contributed by atoms with van der Waals surface area (Å²) < 4.78 is 6.08. The molecule has 2 aliphatic heterocycles. The molecule has 1 spiro atoms. The van der Waals surface area contributed by atoms with Gasteiger partial charge in [0.15, 0.2) is 23.4 Å². The fraction of sp³-hybridized carbons (Fsp3) is 0.526. The molecule has 2 aliphatic carbocycles. The van der Waals surface area contributed by atoms with E-state index >= 15 is 0 Å². The van der Waals surface area contributed by atoms with Crippen LogP contribution in [0.25, 0.3) is 0 Å². The number of likely N-dealkylation sites (tertiary alicyclic amines) is 1. The molecule has 2 heterocycles. The van der Waals surface area contributed by atoms with Crippen molar-refractivity contribution in [3.8, 4) is 11.5 Å². The van der Waals surface area contributed by atoms with E-state index in [4.69, 9.17) is 4.74 Å². The van der Waals surface area contributed by atoms with Crippen molar-refractivity contribution in [1.29, 1.82) is 0 Å². The smallest absolute Gasteiger partial charge is 0.174 e. The van der Waals surface area contributed by atoms with E-state index in [0.717, 1.165) is 37.9 Å². The number of aromatic hydroxyl groups is 1. The summed E-state index contributed by atoms with van der Waals surface area (Å²) in [4.78, 5) is 15.1. The lowest BCUT2D eigenvalue weighted by molar-refractivity contribution is -0.138. The van der Waals surface area contributed by atoms with Crippen molar-refractivity contribution < 1.29 is 14.6 Å². The number of ketones is 1. The summed E-state index contributed by atoms with van der Waals surface area (Å²) in [5.74, 6) is 1.42. The highest BCUT2D eigenvalue weighted by molar-refractivity contribution is 5.89. The van der Waals surface area contributed by atoms with Gasteiger partial charge < -0.3 is 9.84 Å². The van der Waals surface area contributed by atoms with Gasteiger partial charge in [-0.1, -0.05) is 12.1 Å². The number of rotatable bonds is 2. The topological polar surface area (TPSA) is 49.8 Å². The molecule has 4 nitrogen and oxygen atoms in total. The first-order valence-electron chi connectivity index (χ1n) is 8.56. The summed E-state index contributed by atoms with van der Waals surface area (Å²) in [6, 6.07) is 4.20. The fourth-order valence-electron chi connectivity index (χ4n) is 5.80. The summed E-state index contributed by atoms with van der Waals surface area (Å²) in [5.41, 5.74) is 2.19. The van der Waals surface area contributed by atoms with Crippen LogP contribution in [-0.2, 0) is 16.6 Å². The van der Waals surface area contributed by atoms with Gasteiger partial charge in [-0.05, 0) is 43.4 Å². The molecule has 5 rings (SSSR count). The third-order valence-corrected chi connectivity index (χ3v) is 6.59. The van der Waals surface area contributed by atoms with Crippen LogP contribution < -0.4 is 4.74 Å². The maximum Gasteiger partial charge on any atom is 0.174 e. The number of carbonyl (C=O) groups excluding carboxylic acids is 1. The zero-order chi connectivity index (χ0) is 15.8. The Kier molecular flexibility index (Phi) is 2.59. The first kappa shape index (κ1) is 13.6. The Hall–Kier alpha value is -1.81. The summed E-state index contributed by atoms with van der Waals surface area (Å²) >= 11 is 0. The number of hydrogen-bond donors (Lipinski definition) is 1. The molecule has 2 fully saturated rings. The Balaban J connectivity index is 1.75. The lowest BCUT2D eigenvalue weighted by atomic mass is 9.51. The highest BCUT2D eigenvalue weighted by Crippen LogP contribution is 2.63. The molecule has 0 amide bonds. The summed E-state index contributed by atoms with van der Waals surface area (Å²) in [6.07, 6.45) is 5.03. The second-order valence-corrected chi connectivity index (χ2v) is 7.40.